The van der Waals surface area contributed by atoms with Crippen LogP contribution in [0.5, 0.6) is 0 Å². The van der Waals surface area contributed by atoms with Crippen LogP contribution in [0, 0.1) is 5.82 Å². The predicted octanol–water partition coefficient (Wildman–Crippen LogP) is 4.61. The summed E-state index contributed by atoms with van der Waals surface area (Å²) >= 11 is 0. The molecule has 0 saturated heterocycles. The molecule has 2 aliphatic rings. The Bertz CT molecular complexity index is 721. The first-order valence-corrected chi connectivity index (χ1v) is 9.02. The van der Waals surface area contributed by atoms with Gasteiger partial charge in [0.15, 0.2) is 5.82 Å². The molecule has 136 valence electrons. The Balaban J connectivity index is 0.00000182. The highest BCUT2D eigenvalue weighted by atomic mass is 35.5. The molecule has 2 aliphatic carbocycles. The maximum absolute atomic E-state index is 13.8. The molecule has 0 aliphatic heterocycles. The second-order valence-corrected chi connectivity index (χ2v) is 7.44. The second-order valence-electron chi connectivity index (χ2n) is 7.44. The van der Waals surface area contributed by atoms with Crippen LogP contribution in [0.15, 0.2) is 28.8 Å². The zero-order valence-electron chi connectivity index (χ0n) is 14.3. The molecule has 4 nitrogen and oxygen atoms in total. The summed E-state index contributed by atoms with van der Waals surface area (Å²) in [5.41, 5.74) is 6.59. The zero-order chi connectivity index (χ0) is 16.6. The number of nitrogens with two attached hydrogens (primary N) is 1. The number of hydrogen-bond donors (Lipinski definition) is 1. The summed E-state index contributed by atoms with van der Waals surface area (Å²) in [5, 5.41) is 4.23. The van der Waals surface area contributed by atoms with Crippen molar-refractivity contribution in [1.29, 1.82) is 0 Å². The fourth-order valence-corrected chi connectivity index (χ4v) is 4.42. The van der Waals surface area contributed by atoms with Crippen molar-refractivity contribution in [1.82, 2.24) is 10.1 Å². The number of nitrogens with zero attached hydrogens (tertiary/aromatic N) is 2. The van der Waals surface area contributed by atoms with E-state index in [2.05, 4.69) is 5.16 Å². The van der Waals surface area contributed by atoms with Crippen molar-refractivity contribution in [2.75, 3.05) is 0 Å². The van der Waals surface area contributed by atoms with Crippen LogP contribution in [0.4, 0.5) is 4.39 Å². The smallest absolute Gasteiger partial charge is 0.237 e. The van der Waals surface area contributed by atoms with Crippen molar-refractivity contribution in [3.63, 3.8) is 0 Å². The maximum atomic E-state index is 13.8. The number of benzene rings is 1. The Hall–Kier alpha value is -1.46. The summed E-state index contributed by atoms with van der Waals surface area (Å²) in [6.07, 6.45) is 9.21. The van der Waals surface area contributed by atoms with Crippen LogP contribution in [0.25, 0.3) is 0 Å². The number of hydrogen-bond acceptors (Lipinski definition) is 4. The average Bonchev–Trinajstić information content (AvgIpc) is 3.26. The summed E-state index contributed by atoms with van der Waals surface area (Å²) in [6, 6.07) is 6.83. The third kappa shape index (κ3) is 3.20. The van der Waals surface area contributed by atoms with Gasteiger partial charge in [-0.3, -0.25) is 0 Å². The van der Waals surface area contributed by atoms with Crippen molar-refractivity contribution in [3.8, 4) is 0 Å². The Labute approximate surface area is 153 Å². The molecule has 0 radical (unpaired) electrons. The molecule has 25 heavy (non-hydrogen) atoms. The summed E-state index contributed by atoms with van der Waals surface area (Å²) < 4.78 is 19.5. The largest absolute Gasteiger partial charge is 0.338 e. The van der Waals surface area contributed by atoms with Gasteiger partial charge in [0.1, 0.15) is 5.82 Å². The molecule has 1 aromatic carbocycles. The van der Waals surface area contributed by atoms with E-state index in [1.54, 1.807) is 12.1 Å². The lowest BCUT2D eigenvalue weighted by molar-refractivity contribution is 0.248. The summed E-state index contributed by atoms with van der Waals surface area (Å²) in [5.74, 6) is 1.01. The van der Waals surface area contributed by atoms with Crippen LogP contribution in [0.3, 0.4) is 0 Å². The zero-order valence-corrected chi connectivity index (χ0v) is 15.2. The van der Waals surface area contributed by atoms with Gasteiger partial charge < -0.3 is 10.3 Å². The van der Waals surface area contributed by atoms with Crippen LogP contribution >= 0.6 is 12.4 Å². The van der Waals surface area contributed by atoms with Crippen molar-refractivity contribution in [3.05, 3.63) is 47.4 Å². The highest BCUT2D eigenvalue weighted by Gasteiger charge is 2.43. The fraction of sp³-hybridized carbons (Fsp3) is 0.579. The lowest BCUT2D eigenvalue weighted by Crippen LogP contribution is -2.35. The number of rotatable bonds is 3. The Morgan fingerprint density at radius 1 is 1.00 bits per heavy atom. The molecule has 0 bridgehead atoms. The van der Waals surface area contributed by atoms with Crippen LogP contribution < -0.4 is 5.73 Å². The van der Waals surface area contributed by atoms with Crippen molar-refractivity contribution in [2.45, 2.75) is 68.7 Å². The predicted molar refractivity (Wildman–Crippen MR) is 96.1 cm³/mol. The third-order valence-electron chi connectivity index (χ3n) is 5.86. The standard InChI is InChI=1S/C19H24FN3O.ClH/c20-15-8-6-7-14(13-15)18(9-2-1-3-10-18)17-22-16(23-24-17)19(21)11-4-5-12-19;/h6-8,13H,1-5,9-12,21H2;1H. The molecule has 2 N–H and O–H groups in total. The second kappa shape index (κ2) is 7.04. The molecule has 6 heteroatoms. The van der Waals surface area contributed by atoms with E-state index < -0.39 is 5.54 Å². The highest BCUT2D eigenvalue weighted by molar-refractivity contribution is 5.85. The van der Waals surface area contributed by atoms with Crippen LogP contribution in [-0.4, -0.2) is 10.1 Å². The molecule has 0 amide bonds. The van der Waals surface area contributed by atoms with Gasteiger partial charge in [0, 0.05) is 0 Å². The molecular weight excluding hydrogens is 341 g/mol. The van der Waals surface area contributed by atoms with E-state index in [1.807, 2.05) is 6.07 Å². The molecule has 0 spiro atoms. The van der Waals surface area contributed by atoms with E-state index in [1.165, 1.54) is 12.5 Å². The SMILES string of the molecule is Cl.NC1(c2noc(C3(c4cccc(F)c4)CCCCC3)n2)CCCC1. The molecule has 2 saturated carbocycles. The van der Waals surface area contributed by atoms with Crippen molar-refractivity contribution >= 4 is 12.4 Å². The van der Waals surface area contributed by atoms with Gasteiger partial charge in [0.2, 0.25) is 5.89 Å². The Morgan fingerprint density at radius 3 is 2.36 bits per heavy atom. The fourth-order valence-electron chi connectivity index (χ4n) is 4.42. The molecule has 1 aromatic heterocycles. The van der Waals surface area contributed by atoms with Crippen molar-refractivity contribution in [2.24, 2.45) is 5.73 Å². The normalized spacial score (nSPS) is 21.7. The Morgan fingerprint density at radius 2 is 1.68 bits per heavy atom. The summed E-state index contributed by atoms with van der Waals surface area (Å²) in [4.78, 5) is 4.74. The van der Waals surface area contributed by atoms with Gasteiger partial charge in [-0.15, -0.1) is 12.4 Å². The maximum Gasteiger partial charge on any atom is 0.237 e. The van der Waals surface area contributed by atoms with Crippen LogP contribution in [-0.2, 0) is 11.0 Å². The first-order chi connectivity index (χ1) is 11.6. The van der Waals surface area contributed by atoms with E-state index in [4.69, 9.17) is 15.2 Å². The molecular formula is C19H25ClFN3O. The average molecular weight is 366 g/mol. The van der Waals surface area contributed by atoms with E-state index in [9.17, 15) is 4.39 Å². The monoisotopic (exact) mass is 365 g/mol. The van der Waals surface area contributed by atoms with Gasteiger partial charge in [0.25, 0.3) is 0 Å². The first kappa shape index (κ1) is 18.3. The third-order valence-corrected chi connectivity index (χ3v) is 5.86. The topological polar surface area (TPSA) is 64.9 Å². The number of aromatic nitrogens is 2. The van der Waals surface area contributed by atoms with Crippen LogP contribution in [0.1, 0.15) is 75.1 Å². The minimum absolute atomic E-state index is 0. The summed E-state index contributed by atoms with van der Waals surface area (Å²) in [6.45, 7) is 0. The molecule has 2 fully saturated rings. The number of halogens is 2. The minimum atomic E-state index is -0.459. The summed E-state index contributed by atoms with van der Waals surface area (Å²) in [7, 11) is 0. The molecule has 0 unspecified atom stereocenters. The van der Waals surface area contributed by atoms with E-state index in [-0.39, 0.29) is 23.6 Å². The highest BCUT2D eigenvalue weighted by Crippen LogP contribution is 2.45. The quantitative estimate of drug-likeness (QED) is 0.862. The lowest BCUT2D eigenvalue weighted by atomic mass is 9.69. The van der Waals surface area contributed by atoms with Crippen LogP contribution in [0.2, 0.25) is 0 Å². The van der Waals surface area contributed by atoms with E-state index in [0.29, 0.717) is 11.7 Å². The van der Waals surface area contributed by atoms with Gasteiger partial charge in [-0.2, -0.15) is 4.98 Å². The first-order valence-electron chi connectivity index (χ1n) is 9.02. The van der Waals surface area contributed by atoms with Crippen molar-refractivity contribution < 1.29 is 8.91 Å². The van der Waals surface area contributed by atoms with Gasteiger partial charge in [0.05, 0.1) is 11.0 Å². The van der Waals surface area contributed by atoms with Gasteiger partial charge in [-0.1, -0.05) is 49.4 Å². The Kier molecular flexibility index (Phi) is 5.16. The molecule has 0 atom stereocenters. The van der Waals surface area contributed by atoms with Gasteiger partial charge >= 0.3 is 0 Å². The van der Waals surface area contributed by atoms with E-state index >= 15 is 0 Å². The van der Waals surface area contributed by atoms with Gasteiger partial charge in [-0.25, -0.2) is 4.39 Å². The van der Waals surface area contributed by atoms with Gasteiger partial charge in [-0.05, 0) is 43.4 Å². The molecule has 1 heterocycles. The molecule has 2 aromatic rings. The molecule has 4 rings (SSSR count). The van der Waals surface area contributed by atoms with E-state index in [0.717, 1.165) is 56.9 Å². The lowest BCUT2D eigenvalue weighted by Gasteiger charge is -2.34. The minimum Gasteiger partial charge on any atom is -0.338 e.